The Hall–Kier alpha value is -14.4. The van der Waals surface area contributed by atoms with Crippen molar-refractivity contribution in [2.75, 3.05) is 0 Å². The van der Waals surface area contributed by atoms with Gasteiger partial charge in [0.25, 0.3) is 0 Å². The smallest absolute Gasteiger partial charge is 0.227 e. The first-order chi connectivity index (χ1) is 64.1. The van der Waals surface area contributed by atoms with Crippen molar-refractivity contribution in [3.63, 3.8) is 0 Å². The molecule has 13 heteroatoms. The van der Waals surface area contributed by atoms with Gasteiger partial charge in [0.2, 0.25) is 45.6 Å². The standard InChI is InChI=1S/C30H31N2O.C29H29N2O.C28H20FN2O.C28H21N2O/c1-19-13-14-25-28-24-12-8-7-11-23(24)20(2)27(29(28)33-30(25)31-19)26-18-22(15-16-32(26)3)17-21-9-5-4-6-10-21;1-18-12-13-24-27-23-11-7-6-10-22(23)19(2)26(28(27)32-29(24)30-18)25-17-21(14-15-31(25)3)16-20-8-4-5-9-20;1-17-21-6-3-4-7-22(21)26-23-8-5-14-30-28(23)32-27(26)25(17)24-16-19(13-15-31(24)2)18-9-11-20(29)12-10-18;1-18-21-11-6-7-12-22(21)26-23-13-8-15-29-28(23)31-27(26)25(18)24-17-20(14-16-30(24)2)19-9-4-3-5-10-19/h7-8,11-16,18,21H,4-6,9-10,17H2,1-3H3;6-7,10-15,17,20H,4-5,8-9,16H2,1-3H3;3-16H,1-2H3;3-17H,1-2H3/q4*+1/i17D2;16D2;;. The summed E-state index contributed by atoms with van der Waals surface area (Å²) in [5, 5.41) is 17.9. The van der Waals surface area contributed by atoms with Gasteiger partial charge in [-0.15, -0.1) is 0 Å². The number of pyridine rings is 8. The van der Waals surface area contributed by atoms with Gasteiger partial charge in [0.15, 0.2) is 47.1 Å². The number of hydrogen-bond donors (Lipinski definition) is 0. The second kappa shape index (κ2) is 33.5. The molecule has 628 valence electrons. The molecule has 0 amide bonds. The van der Waals surface area contributed by atoms with Crippen LogP contribution in [0.5, 0.6) is 0 Å². The number of halogens is 1. The fourth-order valence-electron chi connectivity index (χ4n) is 20.2. The first kappa shape index (κ1) is 76.0. The van der Waals surface area contributed by atoms with Gasteiger partial charge in [0.05, 0.1) is 22.3 Å². The maximum Gasteiger partial charge on any atom is 0.227 e. The molecule has 12 heterocycles. The Balaban J connectivity index is 0.000000106. The lowest BCUT2D eigenvalue weighted by atomic mass is 9.84. The molecule has 22 aromatic rings. The van der Waals surface area contributed by atoms with Gasteiger partial charge in [-0.05, 0) is 226 Å². The Labute approximate surface area is 748 Å². The third kappa shape index (κ3) is 14.5. The zero-order chi connectivity index (χ0) is 90.7. The molecule has 2 aliphatic carbocycles. The molecule has 10 aromatic carbocycles. The van der Waals surface area contributed by atoms with Crippen LogP contribution in [0.3, 0.4) is 0 Å². The van der Waals surface area contributed by atoms with Crippen LogP contribution in [-0.4, -0.2) is 19.9 Å². The normalized spacial score (nSPS) is 14.0. The summed E-state index contributed by atoms with van der Waals surface area (Å²) in [4.78, 5) is 18.4. The van der Waals surface area contributed by atoms with Crippen molar-refractivity contribution < 1.29 is 45.8 Å². The molecule has 0 atom stereocenters. The highest BCUT2D eigenvalue weighted by Gasteiger charge is 2.32. The van der Waals surface area contributed by atoms with Crippen LogP contribution >= 0.6 is 0 Å². The van der Waals surface area contributed by atoms with Gasteiger partial charge in [-0.1, -0.05) is 197 Å². The predicted octanol–water partition coefficient (Wildman–Crippen LogP) is 27.7. The molecule has 128 heavy (non-hydrogen) atoms. The summed E-state index contributed by atoms with van der Waals surface area (Å²) in [7, 11) is 8.17. The van der Waals surface area contributed by atoms with Gasteiger partial charge in [-0.25, -0.2) is 42.6 Å². The Bertz CT molecular complexity index is 8370. The molecule has 2 saturated carbocycles. The van der Waals surface area contributed by atoms with Crippen LogP contribution in [-0.2, 0) is 40.9 Å². The summed E-state index contributed by atoms with van der Waals surface area (Å²) in [5.74, 6) is -0.102. The largest absolute Gasteiger partial charge is 0.437 e. The molecule has 12 nitrogen and oxygen atoms in total. The van der Waals surface area contributed by atoms with Crippen LogP contribution in [0.2, 0.25) is 0 Å². The van der Waals surface area contributed by atoms with Crippen LogP contribution in [0.15, 0.2) is 304 Å². The van der Waals surface area contributed by atoms with E-state index >= 15 is 0 Å². The van der Waals surface area contributed by atoms with E-state index < -0.39 is 12.7 Å². The van der Waals surface area contributed by atoms with Gasteiger partial charge in [-0.2, -0.15) is 0 Å². The van der Waals surface area contributed by atoms with Gasteiger partial charge >= 0.3 is 0 Å². The zero-order valence-corrected chi connectivity index (χ0v) is 73.7. The predicted molar refractivity (Wildman–Crippen MR) is 518 cm³/mol. The number of rotatable bonds is 10. The highest BCUT2D eigenvalue weighted by atomic mass is 19.1. The van der Waals surface area contributed by atoms with E-state index in [9.17, 15) is 4.39 Å². The third-order valence-corrected chi connectivity index (χ3v) is 26.7. The number of fused-ring (bicyclic) bond motifs is 20. The second-order valence-electron chi connectivity index (χ2n) is 34.9. The molecule has 12 aromatic heterocycles. The average molecular weight is 1680 g/mol. The van der Waals surface area contributed by atoms with Gasteiger partial charge in [0.1, 0.15) is 34.0 Å². The first-order valence-corrected chi connectivity index (χ1v) is 44.7. The van der Waals surface area contributed by atoms with Crippen molar-refractivity contribution in [3.05, 3.63) is 336 Å². The maximum absolute atomic E-state index is 13.5. The van der Waals surface area contributed by atoms with E-state index in [0.29, 0.717) is 22.9 Å². The molecule has 0 unspecified atom stereocenters. The lowest BCUT2D eigenvalue weighted by Gasteiger charge is -2.21. The van der Waals surface area contributed by atoms with E-state index in [1.807, 2.05) is 120 Å². The number of nitrogens with zero attached hydrogens (tertiary/aromatic N) is 8. The second-order valence-corrected chi connectivity index (χ2v) is 34.9. The summed E-state index contributed by atoms with van der Waals surface area (Å²) < 4.78 is 83.7. The van der Waals surface area contributed by atoms with E-state index in [0.717, 1.165) is 228 Å². The highest BCUT2D eigenvalue weighted by molar-refractivity contribution is 6.27. The monoisotopic (exact) mass is 1680 g/mol. The number of benzene rings is 10. The molecular formula is C115H101FN8O4+4. The number of aromatic nitrogens is 8. The van der Waals surface area contributed by atoms with Gasteiger partial charge < -0.3 is 17.7 Å². The molecule has 0 N–H and O–H groups in total. The van der Waals surface area contributed by atoms with Crippen molar-refractivity contribution in [1.82, 2.24) is 19.9 Å². The fraction of sp³-hybridized carbons (Fsp3) is 0.200. The molecule has 2 fully saturated rings. The van der Waals surface area contributed by atoms with Crippen molar-refractivity contribution in [2.45, 2.75) is 112 Å². The SMILES string of the molecule is Cc1c(-c2cc(-c3ccc(F)cc3)cc[n+]2C)c2oc3ncccc3c2c2ccccc12.Cc1c(-c2cc(-c3ccccc3)cc[n+]2C)c2oc3ncccc3c2c2ccccc12.[2H]C([2H])(c1cc[n+](C)c(-c2c(C)c3ccccc3c3c2oc2nc(C)ccc23)c1)C1CCCC1.[2H]C([2H])(c1cc[n+](C)c(-c2c(C)c3ccccc3c3c2oc2nc(C)ccc23)c1)C1CCCCC1. The average Bonchev–Trinajstić information content (AvgIpc) is 1.56. The van der Waals surface area contributed by atoms with E-state index in [1.54, 1.807) is 12.4 Å². The quantitative estimate of drug-likeness (QED) is 0.124. The molecule has 0 radical (unpaired) electrons. The lowest BCUT2D eigenvalue weighted by Crippen LogP contribution is -2.31. The van der Waals surface area contributed by atoms with Crippen LogP contribution in [0.4, 0.5) is 4.39 Å². The Morgan fingerprint density at radius 2 is 0.609 bits per heavy atom. The van der Waals surface area contributed by atoms with E-state index in [-0.39, 0.29) is 17.7 Å². The fourth-order valence-corrected chi connectivity index (χ4v) is 20.2. The molecule has 0 spiro atoms. The van der Waals surface area contributed by atoms with Crippen LogP contribution in [0, 0.1) is 59.2 Å². The Morgan fingerprint density at radius 3 is 0.984 bits per heavy atom. The summed E-state index contributed by atoms with van der Waals surface area (Å²) >= 11 is 0. The van der Waals surface area contributed by atoms with Crippen LogP contribution in [0.25, 0.3) is 199 Å². The minimum Gasteiger partial charge on any atom is -0.437 e. The van der Waals surface area contributed by atoms with Crippen molar-refractivity contribution >= 4 is 131 Å². The summed E-state index contributed by atoms with van der Waals surface area (Å²) in [6, 6.07) is 84.0. The number of furan rings is 4. The lowest BCUT2D eigenvalue weighted by molar-refractivity contribution is -0.660. The molecule has 0 aliphatic heterocycles. The van der Waals surface area contributed by atoms with E-state index in [1.165, 1.54) is 62.2 Å². The Morgan fingerprint density at radius 1 is 0.305 bits per heavy atom. The minimum atomic E-state index is -1.36. The maximum atomic E-state index is 13.5. The molecule has 2 aliphatic rings. The van der Waals surface area contributed by atoms with Crippen LogP contribution < -0.4 is 18.3 Å². The summed E-state index contributed by atoms with van der Waals surface area (Å²) in [5.41, 5.74) is 26.6. The third-order valence-electron chi connectivity index (χ3n) is 26.7. The topological polar surface area (TPSA) is 120 Å². The summed E-state index contributed by atoms with van der Waals surface area (Å²) in [6.07, 6.45) is 18.5. The van der Waals surface area contributed by atoms with Crippen LogP contribution in [0.1, 0.15) is 108 Å². The molecule has 24 rings (SSSR count). The number of aryl methyl sites for hydroxylation is 10. The molecular weight excluding hydrogens is 1580 g/mol. The summed E-state index contributed by atoms with van der Waals surface area (Å²) in [6.45, 7) is 12.6. The zero-order valence-electron chi connectivity index (χ0n) is 77.7. The van der Waals surface area contributed by atoms with Gasteiger partial charge in [0, 0.05) is 121 Å². The first-order valence-electron chi connectivity index (χ1n) is 46.7. The number of hydrogen-bond acceptors (Lipinski definition) is 8. The highest BCUT2D eigenvalue weighted by Crippen LogP contribution is 2.49. The van der Waals surface area contributed by atoms with E-state index in [4.69, 9.17) is 28.1 Å². The van der Waals surface area contributed by atoms with Crippen molar-refractivity contribution in [1.29, 1.82) is 0 Å². The van der Waals surface area contributed by atoms with E-state index in [2.05, 4.69) is 244 Å². The Kier molecular flexibility index (Phi) is 19.9. The van der Waals surface area contributed by atoms with Gasteiger partial charge in [-0.3, -0.25) is 0 Å². The molecule has 0 bridgehead atoms. The molecule has 0 saturated heterocycles. The minimum absolute atomic E-state index is 0.0629. The van der Waals surface area contributed by atoms with Crippen molar-refractivity contribution in [2.24, 2.45) is 40.0 Å². The van der Waals surface area contributed by atoms with Crippen molar-refractivity contribution in [3.8, 4) is 67.3 Å².